The smallest absolute Gasteiger partial charge is 0.317 e. The number of likely N-dealkylation sites (N-methyl/N-ethyl adjacent to an activating group) is 1. The molecule has 0 radical (unpaired) electrons. The van der Waals surface area contributed by atoms with E-state index in [0.717, 1.165) is 5.56 Å². The predicted molar refractivity (Wildman–Crippen MR) is 116 cm³/mol. The molecule has 0 heterocycles. The second-order valence-corrected chi connectivity index (χ2v) is 7.53. The summed E-state index contributed by atoms with van der Waals surface area (Å²) in [5, 5.41) is 2.78. The topological polar surface area (TPSA) is 55.9 Å². The molecule has 0 spiro atoms. The van der Waals surface area contributed by atoms with E-state index in [1.165, 1.54) is 6.07 Å². The average Bonchev–Trinajstić information content (AvgIpc) is 2.72. The van der Waals surface area contributed by atoms with Gasteiger partial charge >= 0.3 is 6.03 Å². The minimum Gasteiger partial charge on any atom is -0.337 e. The Morgan fingerprint density at radius 1 is 0.900 bits per heavy atom. The molecule has 2 aromatic rings. The Morgan fingerprint density at radius 2 is 1.57 bits per heavy atom. The summed E-state index contributed by atoms with van der Waals surface area (Å²) in [5.74, 6) is -0.442. The molecule has 0 atom stereocenters. The van der Waals surface area contributed by atoms with Crippen LogP contribution in [-0.2, 0) is 17.9 Å². The number of nitrogens with zero attached hydrogens (tertiary/aromatic N) is 3. The molecule has 0 aromatic heterocycles. The number of urea groups is 1. The standard InChI is InChI=1S/C23H31FN4O2/c1-26(2)15-16-28(18-20-11-7-8-12-21(20)24)22(29)13-14-25-23(30)27(3)17-19-9-5-4-6-10-19/h4-12H,13-18H2,1-3H3,(H,25,30). The Bertz CT molecular complexity index is 814. The largest absolute Gasteiger partial charge is 0.337 e. The lowest BCUT2D eigenvalue weighted by Crippen LogP contribution is -2.41. The maximum atomic E-state index is 14.0. The summed E-state index contributed by atoms with van der Waals surface area (Å²) in [5.41, 5.74) is 1.52. The van der Waals surface area contributed by atoms with E-state index < -0.39 is 0 Å². The zero-order valence-corrected chi connectivity index (χ0v) is 18.0. The molecule has 0 aliphatic carbocycles. The van der Waals surface area contributed by atoms with E-state index in [9.17, 15) is 14.0 Å². The van der Waals surface area contributed by atoms with E-state index >= 15 is 0 Å². The highest BCUT2D eigenvalue weighted by atomic mass is 19.1. The molecule has 6 nitrogen and oxygen atoms in total. The number of halogens is 1. The fourth-order valence-electron chi connectivity index (χ4n) is 2.94. The minimum atomic E-state index is -0.323. The number of nitrogens with one attached hydrogen (secondary N) is 1. The number of carbonyl (C=O) groups is 2. The van der Waals surface area contributed by atoms with Crippen molar-refractivity contribution in [3.63, 3.8) is 0 Å². The number of amides is 3. The van der Waals surface area contributed by atoms with Gasteiger partial charge in [-0.3, -0.25) is 4.79 Å². The number of rotatable bonds is 10. The highest BCUT2D eigenvalue weighted by Crippen LogP contribution is 2.11. The van der Waals surface area contributed by atoms with Crippen LogP contribution in [0.3, 0.4) is 0 Å². The molecule has 0 saturated heterocycles. The molecular weight excluding hydrogens is 383 g/mol. The van der Waals surface area contributed by atoms with Crippen LogP contribution < -0.4 is 5.32 Å². The molecule has 0 aliphatic heterocycles. The number of hydrogen-bond acceptors (Lipinski definition) is 3. The number of carbonyl (C=O) groups excluding carboxylic acids is 2. The zero-order chi connectivity index (χ0) is 21.9. The van der Waals surface area contributed by atoms with E-state index in [-0.39, 0.29) is 37.3 Å². The fourth-order valence-corrected chi connectivity index (χ4v) is 2.94. The third-order valence-electron chi connectivity index (χ3n) is 4.71. The van der Waals surface area contributed by atoms with Crippen LogP contribution in [-0.4, -0.2) is 67.4 Å². The summed E-state index contributed by atoms with van der Waals surface area (Å²) in [6.07, 6.45) is 0.160. The Hall–Kier alpha value is -2.93. The van der Waals surface area contributed by atoms with E-state index in [1.54, 1.807) is 35.0 Å². The average molecular weight is 415 g/mol. The van der Waals surface area contributed by atoms with E-state index in [2.05, 4.69) is 5.32 Å². The first-order valence-corrected chi connectivity index (χ1v) is 10.1. The van der Waals surface area contributed by atoms with Gasteiger partial charge in [-0.1, -0.05) is 48.5 Å². The van der Waals surface area contributed by atoms with Gasteiger partial charge < -0.3 is 20.0 Å². The lowest BCUT2D eigenvalue weighted by atomic mass is 10.2. The van der Waals surface area contributed by atoms with E-state index in [4.69, 9.17) is 0 Å². The molecule has 2 rings (SSSR count). The molecule has 0 bridgehead atoms. The molecule has 3 amide bonds. The normalized spacial score (nSPS) is 10.7. The van der Waals surface area contributed by atoms with Gasteiger partial charge in [0, 0.05) is 51.8 Å². The quantitative estimate of drug-likeness (QED) is 0.650. The molecule has 162 valence electrons. The third-order valence-corrected chi connectivity index (χ3v) is 4.71. The lowest BCUT2D eigenvalue weighted by molar-refractivity contribution is -0.131. The van der Waals surface area contributed by atoms with Crippen LogP contribution in [0.25, 0.3) is 0 Å². The molecular formula is C23H31FN4O2. The van der Waals surface area contributed by atoms with Crippen molar-refractivity contribution >= 4 is 11.9 Å². The molecule has 2 aromatic carbocycles. The second-order valence-electron chi connectivity index (χ2n) is 7.53. The predicted octanol–water partition coefficient (Wildman–Crippen LogP) is 2.95. The third kappa shape index (κ3) is 7.83. The summed E-state index contributed by atoms with van der Waals surface area (Å²) in [6.45, 7) is 2.09. The van der Waals surface area contributed by atoms with Gasteiger partial charge in [0.1, 0.15) is 5.82 Å². The monoisotopic (exact) mass is 414 g/mol. The van der Waals surface area contributed by atoms with Crippen molar-refractivity contribution in [1.29, 1.82) is 0 Å². The molecule has 0 saturated carbocycles. The van der Waals surface area contributed by atoms with Crippen molar-refractivity contribution < 1.29 is 14.0 Å². The molecule has 0 fully saturated rings. The van der Waals surface area contributed by atoms with Crippen molar-refractivity contribution in [3.8, 4) is 0 Å². The molecule has 30 heavy (non-hydrogen) atoms. The Morgan fingerprint density at radius 3 is 2.23 bits per heavy atom. The molecule has 1 N–H and O–H groups in total. The first-order valence-electron chi connectivity index (χ1n) is 10.1. The van der Waals surface area contributed by atoms with Gasteiger partial charge in [0.25, 0.3) is 0 Å². The van der Waals surface area contributed by atoms with Gasteiger partial charge in [-0.05, 0) is 25.7 Å². The highest BCUT2D eigenvalue weighted by Gasteiger charge is 2.17. The van der Waals surface area contributed by atoms with Gasteiger partial charge in [-0.25, -0.2) is 9.18 Å². The van der Waals surface area contributed by atoms with Gasteiger partial charge in [-0.2, -0.15) is 0 Å². The summed E-state index contributed by atoms with van der Waals surface area (Å²) >= 11 is 0. The van der Waals surface area contributed by atoms with Crippen molar-refractivity contribution in [1.82, 2.24) is 20.0 Å². The van der Waals surface area contributed by atoms with Gasteiger partial charge in [0.05, 0.1) is 0 Å². The van der Waals surface area contributed by atoms with Crippen LogP contribution in [0.4, 0.5) is 9.18 Å². The van der Waals surface area contributed by atoms with Crippen LogP contribution in [0.5, 0.6) is 0 Å². The first kappa shape index (κ1) is 23.3. The van der Waals surface area contributed by atoms with Gasteiger partial charge in [0.15, 0.2) is 0 Å². The van der Waals surface area contributed by atoms with Crippen molar-refractivity contribution in [2.75, 3.05) is 40.8 Å². The molecule has 0 unspecified atom stereocenters. The summed E-state index contributed by atoms with van der Waals surface area (Å²) in [7, 11) is 5.56. The highest BCUT2D eigenvalue weighted by molar-refractivity contribution is 5.78. The fraction of sp³-hybridized carbons (Fsp3) is 0.391. The number of benzene rings is 2. The van der Waals surface area contributed by atoms with Crippen molar-refractivity contribution in [3.05, 3.63) is 71.5 Å². The van der Waals surface area contributed by atoms with Crippen LogP contribution in [0, 0.1) is 5.82 Å². The summed E-state index contributed by atoms with van der Waals surface area (Å²) in [4.78, 5) is 30.2. The molecule has 0 aliphatic rings. The maximum Gasteiger partial charge on any atom is 0.317 e. The van der Waals surface area contributed by atoms with E-state index in [1.807, 2.05) is 49.3 Å². The van der Waals surface area contributed by atoms with E-state index in [0.29, 0.717) is 25.2 Å². The Labute approximate surface area is 178 Å². The van der Waals surface area contributed by atoms with Gasteiger partial charge in [-0.15, -0.1) is 0 Å². The maximum absolute atomic E-state index is 14.0. The number of hydrogen-bond donors (Lipinski definition) is 1. The Kier molecular flexibility index (Phi) is 9.28. The lowest BCUT2D eigenvalue weighted by Gasteiger charge is -2.25. The molecule has 7 heteroatoms. The van der Waals surface area contributed by atoms with Crippen LogP contribution in [0.15, 0.2) is 54.6 Å². The van der Waals surface area contributed by atoms with Crippen molar-refractivity contribution in [2.24, 2.45) is 0 Å². The second kappa shape index (κ2) is 11.9. The SMILES string of the molecule is CN(C)CCN(Cc1ccccc1F)C(=O)CCNC(=O)N(C)Cc1ccccc1. The van der Waals surface area contributed by atoms with Gasteiger partial charge in [0.2, 0.25) is 5.91 Å². The summed E-state index contributed by atoms with van der Waals surface area (Å²) in [6, 6.07) is 15.9. The van der Waals surface area contributed by atoms with Crippen LogP contribution >= 0.6 is 0 Å². The van der Waals surface area contributed by atoms with Crippen molar-refractivity contribution in [2.45, 2.75) is 19.5 Å². The summed E-state index contributed by atoms with van der Waals surface area (Å²) < 4.78 is 14.0. The minimum absolute atomic E-state index is 0.119. The Balaban J connectivity index is 1.86. The van der Waals surface area contributed by atoms with Crippen LogP contribution in [0.1, 0.15) is 17.5 Å². The zero-order valence-electron chi connectivity index (χ0n) is 18.0. The van der Waals surface area contributed by atoms with Crippen LogP contribution in [0.2, 0.25) is 0 Å². The first-order chi connectivity index (χ1) is 14.4.